The number of piperidine rings is 1. The zero-order valence-corrected chi connectivity index (χ0v) is 16.5. The highest BCUT2D eigenvalue weighted by molar-refractivity contribution is 7.89. The summed E-state index contributed by atoms with van der Waals surface area (Å²) in [6.45, 7) is 0.873. The molecule has 0 radical (unpaired) electrons. The SMILES string of the molecule is O=C(CC1CCCCN1S(=O)(=O)c1ccc(Cl)cc1)NCc1ccccc1. The highest BCUT2D eigenvalue weighted by Crippen LogP contribution is 2.27. The minimum Gasteiger partial charge on any atom is -0.352 e. The fraction of sp³-hybridized carbons (Fsp3) is 0.350. The van der Waals surface area contributed by atoms with Crippen LogP contribution in [0, 0.1) is 0 Å². The molecule has 3 rings (SSSR count). The number of benzene rings is 2. The Labute approximate surface area is 165 Å². The molecule has 0 aliphatic carbocycles. The van der Waals surface area contributed by atoms with E-state index < -0.39 is 10.0 Å². The van der Waals surface area contributed by atoms with Gasteiger partial charge in [-0.25, -0.2) is 8.42 Å². The maximum atomic E-state index is 13.0. The normalized spacial score (nSPS) is 18.2. The molecule has 5 nitrogen and oxygen atoms in total. The van der Waals surface area contributed by atoms with Crippen molar-refractivity contribution in [3.05, 3.63) is 65.2 Å². The van der Waals surface area contributed by atoms with Gasteiger partial charge in [-0.3, -0.25) is 4.79 Å². The Morgan fingerprint density at radius 2 is 1.78 bits per heavy atom. The third-order valence-corrected chi connectivity index (χ3v) is 6.96. The van der Waals surface area contributed by atoms with Gasteiger partial charge in [0.2, 0.25) is 15.9 Å². The van der Waals surface area contributed by atoms with Crippen molar-refractivity contribution in [1.82, 2.24) is 9.62 Å². The molecule has 144 valence electrons. The van der Waals surface area contributed by atoms with Crippen LogP contribution in [0.2, 0.25) is 5.02 Å². The zero-order chi connectivity index (χ0) is 19.3. The zero-order valence-electron chi connectivity index (χ0n) is 15.0. The van der Waals surface area contributed by atoms with Crippen LogP contribution in [0.15, 0.2) is 59.5 Å². The average molecular weight is 407 g/mol. The van der Waals surface area contributed by atoms with Crippen LogP contribution in [0.3, 0.4) is 0 Å². The Bertz CT molecular complexity index is 870. The summed E-state index contributed by atoms with van der Waals surface area (Å²) >= 11 is 5.87. The fourth-order valence-corrected chi connectivity index (χ4v) is 5.14. The van der Waals surface area contributed by atoms with Crippen molar-refractivity contribution >= 4 is 27.5 Å². The van der Waals surface area contributed by atoms with Gasteiger partial charge in [-0.15, -0.1) is 0 Å². The summed E-state index contributed by atoms with van der Waals surface area (Å²) in [6.07, 6.45) is 2.57. The molecule has 0 saturated carbocycles. The van der Waals surface area contributed by atoms with E-state index in [1.165, 1.54) is 16.4 Å². The van der Waals surface area contributed by atoms with E-state index in [1.54, 1.807) is 12.1 Å². The molecule has 7 heteroatoms. The van der Waals surface area contributed by atoms with Gasteiger partial charge in [0.05, 0.1) is 4.90 Å². The van der Waals surface area contributed by atoms with Gasteiger partial charge in [0.1, 0.15) is 0 Å². The lowest BCUT2D eigenvalue weighted by molar-refractivity contribution is -0.122. The van der Waals surface area contributed by atoms with Crippen molar-refractivity contribution in [2.24, 2.45) is 0 Å². The number of hydrogen-bond acceptors (Lipinski definition) is 3. The lowest BCUT2D eigenvalue weighted by Crippen LogP contribution is -2.45. The quantitative estimate of drug-likeness (QED) is 0.797. The molecule has 1 N–H and O–H groups in total. The van der Waals surface area contributed by atoms with Gasteiger partial charge in [0, 0.05) is 30.6 Å². The molecule has 2 aromatic rings. The van der Waals surface area contributed by atoms with E-state index in [9.17, 15) is 13.2 Å². The molecular weight excluding hydrogens is 384 g/mol. The number of carbonyl (C=O) groups is 1. The predicted octanol–water partition coefficient (Wildman–Crippen LogP) is 3.59. The van der Waals surface area contributed by atoms with E-state index in [2.05, 4.69) is 5.32 Å². The van der Waals surface area contributed by atoms with E-state index in [4.69, 9.17) is 11.6 Å². The molecule has 1 saturated heterocycles. The lowest BCUT2D eigenvalue weighted by atomic mass is 10.0. The summed E-state index contributed by atoms with van der Waals surface area (Å²) in [5.74, 6) is -0.137. The minimum atomic E-state index is -3.65. The van der Waals surface area contributed by atoms with Crippen LogP contribution in [0.4, 0.5) is 0 Å². The predicted molar refractivity (Wildman–Crippen MR) is 106 cm³/mol. The van der Waals surface area contributed by atoms with Crippen LogP contribution in [0.25, 0.3) is 0 Å². The lowest BCUT2D eigenvalue weighted by Gasteiger charge is -2.34. The molecule has 0 bridgehead atoms. The monoisotopic (exact) mass is 406 g/mol. The Kier molecular flexibility index (Phi) is 6.52. The number of nitrogens with one attached hydrogen (secondary N) is 1. The van der Waals surface area contributed by atoms with Gasteiger partial charge in [0.15, 0.2) is 0 Å². The molecule has 1 heterocycles. The molecule has 2 aromatic carbocycles. The van der Waals surface area contributed by atoms with E-state index >= 15 is 0 Å². The highest BCUT2D eigenvalue weighted by atomic mass is 35.5. The van der Waals surface area contributed by atoms with Crippen molar-refractivity contribution in [1.29, 1.82) is 0 Å². The fourth-order valence-electron chi connectivity index (χ4n) is 3.32. The molecule has 1 fully saturated rings. The second-order valence-electron chi connectivity index (χ2n) is 6.69. The number of hydrogen-bond donors (Lipinski definition) is 1. The third-order valence-electron chi connectivity index (χ3n) is 4.75. The molecule has 1 amide bonds. The summed E-state index contributed by atoms with van der Waals surface area (Å²) in [5, 5.41) is 3.38. The van der Waals surface area contributed by atoms with Gasteiger partial charge >= 0.3 is 0 Å². The number of nitrogens with zero attached hydrogens (tertiary/aromatic N) is 1. The van der Waals surface area contributed by atoms with Crippen LogP contribution in [0.5, 0.6) is 0 Å². The summed E-state index contributed by atoms with van der Waals surface area (Å²) in [5.41, 5.74) is 1.01. The number of carbonyl (C=O) groups excluding carboxylic acids is 1. The Hall–Kier alpha value is -1.89. The van der Waals surface area contributed by atoms with E-state index in [-0.39, 0.29) is 23.3 Å². The van der Waals surface area contributed by atoms with Crippen LogP contribution in [-0.2, 0) is 21.4 Å². The number of amides is 1. The summed E-state index contributed by atoms with van der Waals surface area (Å²) in [4.78, 5) is 12.6. The van der Waals surface area contributed by atoms with Crippen LogP contribution < -0.4 is 5.32 Å². The second-order valence-corrected chi connectivity index (χ2v) is 9.01. The topological polar surface area (TPSA) is 66.5 Å². The number of rotatable bonds is 6. The highest BCUT2D eigenvalue weighted by Gasteiger charge is 2.34. The maximum absolute atomic E-state index is 13.0. The number of halogens is 1. The first-order chi connectivity index (χ1) is 13.0. The summed E-state index contributed by atoms with van der Waals surface area (Å²) in [6, 6.07) is 15.5. The first-order valence-corrected chi connectivity index (χ1v) is 10.9. The molecule has 1 aliphatic heterocycles. The van der Waals surface area contributed by atoms with Crippen LogP contribution in [0.1, 0.15) is 31.2 Å². The second kappa shape index (κ2) is 8.87. The van der Waals surface area contributed by atoms with Gasteiger partial charge in [-0.1, -0.05) is 48.4 Å². The summed E-state index contributed by atoms with van der Waals surface area (Å²) in [7, 11) is -3.65. The van der Waals surface area contributed by atoms with E-state index in [0.717, 1.165) is 18.4 Å². The van der Waals surface area contributed by atoms with E-state index in [0.29, 0.717) is 24.5 Å². The van der Waals surface area contributed by atoms with Gasteiger partial charge in [0.25, 0.3) is 0 Å². The minimum absolute atomic E-state index is 0.137. The Morgan fingerprint density at radius 1 is 1.07 bits per heavy atom. The molecule has 0 aromatic heterocycles. The largest absolute Gasteiger partial charge is 0.352 e. The molecule has 27 heavy (non-hydrogen) atoms. The first kappa shape index (κ1) is 19.9. The molecule has 1 aliphatic rings. The van der Waals surface area contributed by atoms with Crippen LogP contribution >= 0.6 is 11.6 Å². The van der Waals surface area contributed by atoms with Gasteiger partial charge in [-0.05, 0) is 42.7 Å². The molecule has 1 atom stereocenters. The van der Waals surface area contributed by atoms with Crippen molar-refractivity contribution in [3.63, 3.8) is 0 Å². The average Bonchev–Trinajstić information content (AvgIpc) is 2.68. The van der Waals surface area contributed by atoms with Crippen molar-refractivity contribution in [2.45, 2.75) is 43.2 Å². The molecule has 0 spiro atoms. The van der Waals surface area contributed by atoms with E-state index in [1.807, 2.05) is 30.3 Å². The smallest absolute Gasteiger partial charge is 0.243 e. The molecular formula is C20H23ClN2O3S. The third kappa shape index (κ3) is 5.09. The first-order valence-electron chi connectivity index (χ1n) is 9.05. The molecule has 1 unspecified atom stereocenters. The van der Waals surface area contributed by atoms with Gasteiger partial charge in [-0.2, -0.15) is 4.31 Å². The summed E-state index contributed by atoms with van der Waals surface area (Å²) < 4.78 is 27.5. The maximum Gasteiger partial charge on any atom is 0.243 e. The van der Waals surface area contributed by atoms with Crippen molar-refractivity contribution in [2.75, 3.05) is 6.54 Å². The van der Waals surface area contributed by atoms with Gasteiger partial charge < -0.3 is 5.32 Å². The standard InChI is InChI=1S/C20H23ClN2O3S/c21-17-9-11-19(12-10-17)27(25,26)23-13-5-4-8-18(23)14-20(24)22-15-16-6-2-1-3-7-16/h1-3,6-7,9-12,18H,4-5,8,13-15H2,(H,22,24). The number of sulfonamides is 1. The van der Waals surface area contributed by atoms with Crippen molar-refractivity contribution < 1.29 is 13.2 Å². The van der Waals surface area contributed by atoms with Crippen molar-refractivity contribution in [3.8, 4) is 0 Å². The Balaban J connectivity index is 1.67. The van der Waals surface area contributed by atoms with Crippen LogP contribution in [-0.4, -0.2) is 31.2 Å². The Morgan fingerprint density at radius 3 is 2.48 bits per heavy atom.